The molecule has 33 heavy (non-hydrogen) atoms. The number of rotatable bonds is 8. The lowest BCUT2D eigenvalue weighted by Crippen LogP contribution is -2.21. The smallest absolute Gasteiger partial charge is 0.367 e. The van der Waals surface area contributed by atoms with E-state index in [9.17, 15) is 35.2 Å². The second-order valence-electron chi connectivity index (χ2n) is 7.29. The number of anilines is 2. The average molecular weight is 492 g/mol. The first-order chi connectivity index (χ1) is 15.2. The van der Waals surface area contributed by atoms with Crippen LogP contribution in [0.1, 0.15) is 30.7 Å². The number of nitrogens with one attached hydrogen (secondary N) is 3. The van der Waals surface area contributed by atoms with Crippen LogP contribution in [0.15, 0.2) is 30.3 Å². The topological polar surface area (TPSA) is 100 Å². The van der Waals surface area contributed by atoms with Crippen molar-refractivity contribution in [3.05, 3.63) is 58.8 Å². The first-order valence-electron chi connectivity index (χ1n) is 9.42. The number of hydrogen-bond donors (Lipinski definition) is 3. The van der Waals surface area contributed by atoms with Crippen LogP contribution in [0.4, 0.5) is 33.5 Å². The van der Waals surface area contributed by atoms with Crippen LogP contribution in [0.2, 0.25) is 0 Å². The molecule has 0 bridgehead atoms. The predicted octanol–water partition coefficient (Wildman–Crippen LogP) is 3.90. The summed E-state index contributed by atoms with van der Waals surface area (Å²) in [5.41, 5.74) is -1.69. The van der Waals surface area contributed by atoms with Crippen LogP contribution in [-0.2, 0) is 27.5 Å². The van der Waals surface area contributed by atoms with Crippen LogP contribution in [0.25, 0.3) is 6.08 Å². The number of pyridine rings is 1. The zero-order valence-electron chi connectivity index (χ0n) is 17.7. The van der Waals surface area contributed by atoms with Gasteiger partial charge in [0, 0.05) is 24.2 Å². The largest absolute Gasteiger partial charge is 0.433 e. The molecule has 0 radical (unpaired) electrons. The molecule has 1 amide bonds. The van der Waals surface area contributed by atoms with Gasteiger partial charge in [-0.25, -0.2) is 22.2 Å². The van der Waals surface area contributed by atoms with Gasteiger partial charge in [-0.05, 0) is 49.8 Å². The molecule has 180 valence electrons. The van der Waals surface area contributed by atoms with E-state index in [4.69, 9.17) is 0 Å². The molecule has 7 nitrogen and oxygen atoms in total. The molecule has 2 rings (SSSR count). The molecule has 13 heteroatoms. The second kappa shape index (κ2) is 10.1. The predicted molar refractivity (Wildman–Crippen MR) is 114 cm³/mol. The van der Waals surface area contributed by atoms with Crippen molar-refractivity contribution in [1.29, 1.82) is 0 Å². The summed E-state index contributed by atoms with van der Waals surface area (Å²) < 4.78 is 90.8. The molecule has 0 fully saturated rings. The minimum atomic E-state index is -4.63. The number of nitrogens with zero attached hydrogens (tertiary/aromatic N) is 1. The average Bonchev–Trinajstić information content (AvgIpc) is 2.66. The molecule has 0 unspecified atom stereocenters. The van der Waals surface area contributed by atoms with E-state index in [-0.39, 0.29) is 29.5 Å². The van der Waals surface area contributed by atoms with E-state index in [0.29, 0.717) is 0 Å². The highest BCUT2D eigenvalue weighted by Crippen LogP contribution is 2.30. The SMILES string of the molecule is CC(C)Nc1nc(C(F)(F)F)ccc1/C=C\C(=O)NCc1cc(F)c(NS(C)(=O)=O)c(F)c1. The van der Waals surface area contributed by atoms with Gasteiger partial charge >= 0.3 is 6.18 Å². The van der Waals surface area contributed by atoms with Gasteiger partial charge in [-0.1, -0.05) is 0 Å². The lowest BCUT2D eigenvalue weighted by molar-refractivity contribution is -0.141. The van der Waals surface area contributed by atoms with E-state index < -0.39 is 45.1 Å². The molecule has 0 aliphatic heterocycles. The van der Waals surface area contributed by atoms with Crippen LogP contribution in [0.5, 0.6) is 0 Å². The Morgan fingerprint density at radius 2 is 1.76 bits per heavy atom. The first kappa shape index (κ1) is 26.0. The van der Waals surface area contributed by atoms with E-state index in [0.717, 1.165) is 36.6 Å². The summed E-state index contributed by atoms with van der Waals surface area (Å²) in [5.74, 6) is -3.09. The van der Waals surface area contributed by atoms with E-state index in [2.05, 4.69) is 15.6 Å². The van der Waals surface area contributed by atoms with Gasteiger partial charge in [0.15, 0.2) is 11.6 Å². The van der Waals surface area contributed by atoms with Crippen molar-refractivity contribution in [2.75, 3.05) is 16.3 Å². The summed E-state index contributed by atoms with van der Waals surface area (Å²) in [6.07, 6.45) is -1.62. The molecule has 1 aromatic carbocycles. The number of sulfonamides is 1. The maximum Gasteiger partial charge on any atom is 0.433 e. The lowest BCUT2D eigenvalue weighted by Gasteiger charge is -2.14. The third kappa shape index (κ3) is 8.00. The van der Waals surface area contributed by atoms with Crippen LogP contribution >= 0.6 is 0 Å². The van der Waals surface area contributed by atoms with Crippen LogP contribution in [-0.4, -0.2) is 31.6 Å². The number of aromatic nitrogens is 1. The molecule has 3 N–H and O–H groups in total. The molecule has 0 aliphatic rings. The third-order valence-electron chi connectivity index (χ3n) is 3.91. The molecule has 0 aliphatic carbocycles. The molecular weight excluding hydrogens is 471 g/mol. The Morgan fingerprint density at radius 1 is 1.15 bits per heavy atom. The third-order valence-corrected chi connectivity index (χ3v) is 4.49. The van der Waals surface area contributed by atoms with E-state index in [1.807, 2.05) is 0 Å². The fourth-order valence-electron chi connectivity index (χ4n) is 2.58. The molecule has 0 saturated carbocycles. The van der Waals surface area contributed by atoms with Crippen LogP contribution < -0.4 is 15.4 Å². The maximum atomic E-state index is 14.0. The quantitative estimate of drug-likeness (QED) is 0.384. The van der Waals surface area contributed by atoms with Crippen molar-refractivity contribution in [3.63, 3.8) is 0 Å². The first-order valence-corrected chi connectivity index (χ1v) is 11.3. The van der Waals surface area contributed by atoms with E-state index in [1.165, 1.54) is 6.08 Å². The van der Waals surface area contributed by atoms with Gasteiger partial charge in [0.05, 0.1) is 6.26 Å². The summed E-state index contributed by atoms with van der Waals surface area (Å²) >= 11 is 0. The zero-order chi connectivity index (χ0) is 25.0. The molecule has 2 aromatic rings. The van der Waals surface area contributed by atoms with Crippen molar-refractivity contribution < 1.29 is 35.2 Å². The molecule has 0 saturated heterocycles. The Morgan fingerprint density at radius 3 is 2.27 bits per heavy atom. The normalized spacial score (nSPS) is 12.3. The summed E-state index contributed by atoms with van der Waals surface area (Å²) in [6.45, 7) is 3.12. The number of amides is 1. The zero-order valence-corrected chi connectivity index (χ0v) is 18.5. The fraction of sp³-hybridized carbons (Fsp3) is 0.300. The van der Waals surface area contributed by atoms with E-state index in [1.54, 1.807) is 18.6 Å². The van der Waals surface area contributed by atoms with Crippen LogP contribution in [0, 0.1) is 11.6 Å². The van der Waals surface area contributed by atoms with Gasteiger partial charge in [-0.2, -0.15) is 13.2 Å². The van der Waals surface area contributed by atoms with Crippen molar-refractivity contribution in [2.24, 2.45) is 0 Å². The minimum absolute atomic E-state index is 0.0177. The van der Waals surface area contributed by atoms with Crippen molar-refractivity contribution in [1.82, 2.24) is 10.3 Å². The number of alkyl halides is 3. The lowest BCUT2D eigenvalue weighted by atomic mass is 10.1. The van der Waals surface area contributed by atoms with Gasteiger partial charge in [-0.3, -0.25) is 9.52 Å². The second-order valence-corrected chi connectivity index (χ2v) is 9.04. The highest BCUT2D eigenvalue weighted by molar-refractivity contribution is 7.92. The fourth-order valence-corrected chi connectivity index (χ4v) is 3.14. The summed E-state index contributed by atoms with van der Waals surface area (Å²) in [7, 11) is -3.90. The Hall–Kier alpha value is -3.22. The van der Waals surface area contributed by atoms with Gasteiger partial charge in [-0.15, -0.1) is 0 Å². The van der Waals surface area contributed by atoms with Crippen molar-refractivity contribution in [2.45, 2.75) is 32.6 Å². The van der Waals surface area contributed by atoms with Gasteiger partial charge < -0.3 is 10.6 Å². The highest BCUT2D eigenvalue weighted by atomic mass is 32.2. The number of carbonyl (C=O) groups is 1. The van der Waals surface area contributed by atoms with Crippen molar-refractivity contribution >= 4 is 33.5 Å². The maximum absolute atomic E-state index is 14.0. The molecule has 1 heterocycles. The summed E-state index contributed by atoms with van der Waals surface area (Å²) in [6, 6.07) is 3.41. The Kier molecular flexibility index (Phi) is 8.01. The molecule has 1 aromatic heterocycles. The number of halogens is 5. The van der Waals surface area contributed by atoms with Crippen molar-refractivity contribution in [3.8, 4) is 0 Å². The monoisotopic (exact) mass is 492 g/mol. The highest BCUT2D eigenvalue weighted by Gasteiger charge is 2.33. The van der Waals surface area contributed by atoms with Gasteiger partial charge in [0.2, 0.25) is 15.9 Å². The Labute approximate surface area is 187 Å². The minimum Gasteiger partial charge on any atom is -0.367 e. The Balaban J connectivity index is 2.13. The van der Waals surface area contributed by atoms with Gasteiger partial charge in [0.25, 0.3) is 0 Å². The van der Waals surface area contributed by atoms with Gasteiger partial charge in [0.1, 0.15) is 17.2 Å². The summed E-state index contributed by atoms with van der Waals surface area (Å²) in [5, 5.41) is 5.14. The van der Waals surface area contributed by atoms with Crippen LogP contribution in [0.3, 0.4) is 0 Å². The van der Waals surface area contributed by atoms with E-state index >= 15 is 0 Å². The summed E-state index contributed by atoms with van der Waals surface area (Å²) in [4.78, 5) is 15.6. The molecule has 0 atom stereocenters. The number of benzene rings is 1. The Bertz CT molecular complexity index is 1140. The molecule has 0 spiro atoms. The molecular formula is C20H21F5N4O3S. The number of hydrogen-bond acceptors (Lipinski definition) is 5. The number of carbonyl (C=O) groups excluding carboxylic acids is 1. The standard InChI is InChI=1S/C20H21F5N4O3S/c1-11(2)27-19-13(4-6-16(28-19)20(23,24)25)5-7-17(30)26-10-12-8-14(21)18(15(22)9-12)29-33(3,31)32/h4-9,11,29H,10H2,1-3H3,(H,26,30)(H,27,28)/b7-5-.